The molecule has 1 rings (SSSR count). The highest BCUT2D eigenvalue weighted by molar-refractivity contribution is 7.57. The van der Waals surface area contributed by atoms with Gasteiger partial charge in [-0.1, -0.05) is 12.2 Å². The summed E-state index contributed by atoms with van der Waals surface area (Å²) in [7, 11) is 0.137. The maximum absolute atomic E-state index is 5.50. The van der Waals surface area contributed by atoms with Gasteiger partial charge in [0.25, 0.3) is 0 Å². The van der Waals surface area contributed by atoms with Crippen LogP contribution in [0.4, 0.5) is 0 Å². The van der Waals surface area contributed by atoms with E-state index in [-0.39, 0.29) is 14.0 Å². The Morgan fingerprint density at radius 1 is 1.27 bits per heavy atom. The Hall–Kier alpha value is 0.420. The van der Waals surface area contributed by atoms with Gasteiger partial charge in [0.2, 0.25) is 0 Å². The van der Waals surface area contributed by atoms with Crippen LogP contribution in [0.25, 0.3) is 0 Å². The predicted molar refractivity (Wildman–Crippen MR) is 74.2 cm³/mol. The van der Waals surface area contributed by atoms with Gasteiger partial charge in [0.05, 0.1) is 37.1 Å². The van der Waals surface area contributed by atoms with E-state index in [0.717, 1.165) is 13.0 Å². The topological polar surface area (TPSA) is 9.23 Å². The zero-order valence-electron chi connectivity index (χ0n) is 10.3. The molecule has 3 heteroatoms. The highest BCUT2D eigenvalue weighted by Crippen LogP contribution is 2.32. The lowest BCUT2D eigenvalue weighted by Gasteiger charge is -2.13. The molecule has 0 saturated heterocycles. The van der Waals surface area contributed by atoms with Crippen molar-refractivity contribution < 1.29 is 4.74 Å². The fraction of sp³-hybridized carbons (Fsp3) is 0.833. The largest absolute Gasteiger partial charge is 0.373 e. The average molecular weight is 252 g/mol. The van der Waals surface area contributed by atoms with Crippen LogP contribution >= 0.6 is 19.5 Å². The van der Waals surface area contributed by atoms with E-state index in [0.29, 0.717) is 5.88 Å². The average Bonchev–Trinajstić information content (AvgIpc) is 2.33. The van der Waals surface area contributed by atoms with Gasteiger partial charge in [0, 0.05) is 0 Å². The van der Waals surface area contributed by atoms with Crippen LogP contribution in [0, 0.1) is 0 Å². The summed E-state index contributed by atoms with van der Waals surface area (Å²) in [5.41, 5.74) is 0. The molecule has 1 atom stereocenters. The van der Waals surface area contributed by atoms with Crippen molar-refractivity contribution in [3.63, 3.8) is 0 Å². The van der Waals surface area contributed by atoms with Crippen LogP contribution in [0.15, 0.2) is 12.2 Å². The highest BCUT2D eigenvalue weighted by Gasteiger charge is 2.04. The van der Waals surface area contributed by atoms with Crippen molar-refractivity contribution in [3.05, 3.63) is 12.2 Å². The van der Waals surface area contributed by atoms with E-state index in [1.54, 1.807) is 0 Å². The second-order valence-corrected chi connectivity index (χ2v) is 7.52. The van der Waals surface area contributed by atoms with E-state index in [1.165, 1.54) is 18.5 Å². The Kier molecular flexibility index (Phi) is 11.2. The molecule has 0 aliphatic carbocycles. The van der Waals surface area contributed by atoms with Gasteiger partial charge >= 0.3 is 0 Å². The Bertz CT molecular complexity index is 152. The minimum Gasteiger partial charge on any atom is -0.373 e. The monoisotopic (exact) mass is 251 g/mol. The quantitative estimate of drug-likeness (QED) is 0.419. The summed E-state index contributed by atoms with van der Waals surface area (Å²) in [5, 5.41) is 0. The molecule has 0 aromatic carbocycles. The predicted octanol–water partition coefficient (Wildman–Crippen LogP) is 3.83. The number of hydrogen-bond donors (Lipinski definition) is 0. The molecule has 0 spiro atoms. The maximum atomic E-state index is 5.50. The fourth-order valence-electron chi connectivity index (χ4n) is 1.44. The van der Waals surface area contributed by atoms with Crippen LogP contribution in [0.5, 0.6) is 0 Å². The Morgan fingerprint density at radius 2 is 1.87 bits per heavy atom. The summed E-state index contributed by atoms with van der Waals surface area (Å²) in [6, 6.07) is 0. The number of rotatable bonds is 4. The number of hydrogen-bond acceptors (Lipinski definition) is 1. The number of alkyl halides is 1. The summed E-state index contributed by atoms with van der Waals surface area (Å²) in [6.45, 7) is 7.75. The lowest BCUT2D eigenvalue weighted by molar-refractivity contribution is 0.0946. The molecule has 0 bridgehead atoms. The molecule has 1 nitrogen and oxygen atoms in total. The van der Waals surface area contributed by atoms with Crippen molar-refractivity contribution in [2.75, 3.05) is 31.0 Å². The van der Waals surface area contributed by atoms with Gasteiger partial charge in [0.1, 0.15) is 0 Å². The van der Waals surface area contributed by atoms with Gasteiger partial charge in [-0.2, -0.15) is 0 Å². The summed E-state index contributed by atoms with van der Waals surface area (Å²) < 4.78 is 5.21. The molecule has 1 unspecified atom stereocenters. The molecule has 0 saturated carbocycles. The molecule has 15 heavy (non-hydrogen) atoms. The molecule has 0 radical (unpaired) electrons. The van der Waals surface area contributed by atoms with Crippen molar-refractivity contribution in [1.29, 1.82) is 0 Å². The van der Waals surface area contributed by atoms with E-state index in [4.69, 9.17) is 16.3 Å². The van der Waals surface area contributed by atoms with E-state index < -0.39 is 0 Å². The van der Waals surface area contributed by atoms with E-state index in [1.807, 2.05) is 6.08 Å². The molecule has 0 N–H and O–H groups in total. The van der Waals surface area contributed by atoms with Crippen molar-refractivity contribution >= 4 is 19.5 Å². The smallest absolute Gasteiger partial charge is 0.0891 e. The molecular formula is C12H25ClOP+. The normalized spacial score (nSPS) is 19.9. The fourth-order valence-corrected chi connectivity index (χ4v) is 3.13. The SMILES string of the molecule is CC[PH+](CC)CC.ClCC1C=CCCO1. The van der Waals surface area contributed by atoms with Gasteiger partial charge in [-0.05, 0) is 35.1 Å². The first-order valence-corrected chi connectivity index (χ1v) is 8.61. The lowest BCUT2D eigenvalue weighted by atomic mass is 10.2. The number of halogens is 1. The van der Waals surface area contributed by atoms with E-state index in [9.17, 15) is 0 Å². The first kappa shape index (κ1) is 15.4. The molecule has 0 aromatic heterocycles. The minimum absolute atomic E-state index is 0.137. The Morgan fingerprint density at radius 3 is 2.07 bits per heavy atom. The summed E-state index contributed by atoms with van der Waals surface area (Å²) in [5.74, 6) is 0.580. The van der Waals surface area contributed by atoms with Crippen LogP contribution in [0.3, 0.4) is 0 Å². The van der Waals surface area contributed by atoms with Gasteiger partial charge in [-0.25, -0.2) is 0 Å². The third kappa shape index (κ3) is 8.25. The second-order valence-electron chi connectivity index (χ2n) is 3.59. The molecule has 0 fully saturated rings. The summed E-state index contributed by atoms with van der Waals surface area (Å²) in [4.78, 5) is 0. The van der Waals surface area contributed by atoms with Crippen molar-refractivity contribution in [3.8, 4) is 0 Å². The van der Waals surface area contributed by atoms with Gasteiger partial charge in [-0.15, -0.1) is 11.6 Å². The molecule has 0 amide bonds. The van der Waals surface area contributed by atoms with Crippen LogP contribution in [-0.2, 0) is 4.74 Å². The maximum Gasteiger partial charge on any atom is 0.0891 e. The second kappa shape index (κ2) is 10.9. The van der Waals surface area contributed by atoms with Crippen molar-refractivity contribution in [2.45, 2.75) is 33.3 Å². The highest BCUT2D eigenvalue weighted by atomic mass is 35.5. The third-order valence-electron chi connectivity index (χ3n) is 2.62. The van der Waals surface area contributed by atoms with E-state index in [2.05, 4.69) is 26.8 Å². The molecular weight excluding hydrogens is 227 g/mol. The third-order valence-corrected chi connectivity index (χ3v) is 5.92. The van der Waals surface area contributed by atoms with Crippen LogP contribution in [-0.4, -0.2) is 37.1 Å². The zero-order chi connectivity index (χ0) is 11.5. The number of ether oxygens (including phenoxy) is 1. The van der Waals surface area contributed by atoms with Crippen molar-refractivity contribution in [2.24, 2.45) is 0 Å². The van der Waals surface area contributed by atoms with Crippen molar-refractivity contribution in [1.82, 2.24) is 0 Å². The molecule has 1 aliphatic heterocycles. The molecule has 1 aliphatic rings. The molecule has 1 heterocycles. The minimum atomic E-state index is 0.137. The standard InChI is InChI=1S/C6H9ClO.C6H15P/c7-5-6-3-1-2-4-8-6;1-4-7(5-2)6-3/h1,3,6H,2,4-5H2;4-6H2,1-3H3/p+1. The zero-order valence-corrected chi connectivity index (χ0v) is 12.0. The first-order valence-electron chi connectivity index (χ1n) is 5.96. The lowest BCUT2D eigenvalue weighted by Crippen LogP contribution is -2.15. The van der Waals surface area contributed by atoms with Crippen LogP contribution in [0.2, 0.25) is 0 Å². The van der Waals surface area contributed by atoms with Crippen LogP contribution < -0.4 is 0 Å². The van der Waals surface area contributed by atoms with E-state index >= 15 is 0 Å². The Balaban J connectivity index is 0.000000265. The van der Waals surface area contributed by atoms with Gasteiger partial charge in [-0.3, -0.25) is 0 Å². The summed E-state index contributed by atoms with van der Waals surface area (Å²) >= 11 is 5.50. The van der Waals surface area contributed by atoms with Crippen LogP contribution in [0.1, 0.15) is 27.2 Å². The van der Waals surface area contributed by atoms with Gasteiger partial charge < -0.3 is 4.74 Å². The Labute approximate surface area is 101 Å². The first-order chi connectivity index (χ1) is 7.28. The van der Waals surface area contributed by atoms with Gasteiger partial charge in [0.15, 0.2) is 0 Å². The summed E-state index contributed by atoms with van der Waals surface area (Å²) in [6.07, 6.45) is 9.69. The molecule has 0 aromatic rings. The molecule has 90 valence electrons.